The largest absolute Gasteiger partial charge is 0.352 e. The normalized spacial score (nSPS) is 14.2. The summed E-state index contributed by atoms with van der Waals surface area (Å²) in [5.41, 5.74) is 1.88. The minimum absolute atomic E-state index is 0.0235. The second-order valence-corrected chi connectivity index (χ2v) is 11.0. The van der Waals surface area contributed by atoms with Crippen LogP contribution in [0.3, 0.4) is 0 Å². The third-order valence-electron chi connectivity index (χ3n) is 7.68. The van der Waals surface area contributed by atoms with Crippen molar-refractivity contribution in [1.29, 1.82) is 0 Å². The number of carbonyl (C=O) groups excluding carboxylic acids is 2. The number of nitrogens with one attached hydrogen (secondary N) is 1. The van der Waals surface area contributed by atoms with Gasteiger partial charge in [0.2, 0.25) is 5.91 Å². The van der Waals surface area contributed by atoms with Gasteiger partial charge in [0, 0.05) is 44.7 Å². The van der Waals surface area contributed by atoms with Gasteiger partial charge < -0.3 is 10.2 Å². The van der Waals surface area contributed by atoms with E-state index in [-0.39, 0.29) is 5.91 Å². The smallest absolute Gasteiger partial charge is 0.251 e. The number of nitrogens with zero attached hydrogens (tertiary/aromatic N) is 2. The molecule has 0 aromatic heterocycles. The van der Waals surface area contributed by atoms with E-state index < -0.39 is 0 Å². The highest BCUT2D eigenvalue weighted by molar-refractivity contribution is 5.94. The number of unbranched alkanes of at least 4 members (excludes halogenated alkanes) is 11. The summed E-state index contributed by atoms with van der Waals surface area (Å²) < 4.78 is 0. The highest BCUT2D eigenvalue weighted by atomic mass is 16.2. The van der Waals surface area contributed by atoms with Gasteiger partial charge in [-0.1, -0.05) is 96.6 Å². The fourth-order valence-electron chi connectivity index (χ4n) is 5.10. The van der Waals surface area contributed by atoms with Crippen LogP contribution < -0.4 is 10.6 Å². The maximum absolute atomic E-state index is 12.4. The molecule has 2 rings (SSSR count). The van der Waals surface area contributed by atoms with Gasteiger partial charge in [0.05, 0.1) is 0 Å². The Morgan fingerprint density at radius 1 is 0.811 bits per heavy atom. The van der Waals surface area contributed by atoms with Gasteiger partial charge in [-0.15, -0.1) is 0 Å². The van der Waals surface area contributed by atoms with Gasteiger partial charge in [0.15, 0.2) is 0 Å². The Kier molecular flexibility index (Phi) is 17.0. The number of benzene rings is 1. The number of hydrogen-bond acceptors (Lipinski definition) is 2. The zero-order chi connectivity index (χ0) is 26.6. The van der Waals surface area contributed by atoms with Crippen LogP contribution in [-0.4, -0.2) is 42.9 Å². The summed E-state index contributed by atoms with van der Waals surface area (Å²) in [6, 6.07) is 7.88. The molecule has 5 heteroatoms. The minimum Gasteiger partial charge on any atom is -0.352 e. The zero-order valence-electron chi connectivity index (χ0n) is 23.9. The third kappa shape index (κ3) is 14.0. The Bertz CT molecular complexity index is 726. The average molecular weight is 513 g/mol. The molecule has 5 nitrogen and oxygen atoms in total. The van der Waals surface area contributed by atoms with Crippen LogP contribution in [0.25, 0.3) is 0 Å². The molecule has 1 aromatic rings. The first kappa shape index (κ1) is 31.3. The molecule has 0 unspecified atom stereocenters. The van der Waals surface area contributed by atoms with Gasteiger partial charge >= 0.3 is 0 Å². The molecule has 0 saturated carbocycles. The molecule has 0 spiro atoms. The highest BCUT2D eigenvalue weighted by Gasteiger charge is 2.22. The number of amides is 2. The molecule has 209 valence electrons. The molecule has 1 heterocycles. The summed E-state index contributed by atoms with van der Waals surface area (Å²) in [6.45, 7) is 8.51. The van der Waals surface area contributed by atoms with E-state index in [4.69, 9.17) is 5.32 Å². The maximum Gasteiger partial charge on any atom is 0.251 e. The average Bonchev–Trinajstić information content (AvgIpc) is 2.92. The second kappa shape index (κ2) is 20.1. The van der Waals surface area contributed by atoms with Crippen molar-refractivity contribution in [2.75, 3.05) is 26.2 Å². The first-order valence-corrected chi connectivity index (χ1v) is 15.4. The third-order valence-corrected chi connectivity index (χ3v) is 7.68. The van der Waals surface area contributed by atoms with Gasteiger partial charge in [-0.2, -0.15) is 0 Å². The van der Waals surface area contributed by atoms with E-state index in [1.54, 1.807) is 0 Å². The van der Waals surface area contributed by atoms with Crippen molar-refractivity contribution in [2.45, 2.75) is 123 Å². The summed E-state index contributed by atoms with van der Waals surface area (Å²) in [5.74, 6) is 0.933. The van der Waals surface area contributed by atoms with Crippen LogP contribution in [0.4, 0.5) is 0 Å². The molecule has 2 amide bonds. The molecule has 1 fully saturated rings. The molecule has 1 aliphatic rings. The van der Waals surface area contributed by atoms with Crippen LogP contribution in [0.1, 0.15) is 133 Å². The Labute approximate surface area is 227 Å². The van der Waals surface area contributed by atoms with E-state index in [9.17, 15) is 9.59 Å². The lowest BCUT2D eigenvalue weighted by Gasteiger charge is -2.32. The molecule has 37 heavy (non-hydrogen) atoms. The van der Waals surface area contributed by atoms with E-state index in [0.717, 1.165) is 75.8 Å². The minimum atomic E-state index is 0.0235. The molecule has 0 bridgehead atoms. The Morgan fingerprint density at radius 3 is 2.00 bits per heavy atom. The number of likely N-dealkylation sites (tertiary alicyclic amines) is 1. The molecule has 1 N–H and O–H groups in total. The molecule has 1 radical (unpaired) electrons. The van der Waals surface area contributed by atoms with E-state index >= 15 is 0 Å². The van der Waals surface area contributed by atoms with E-state index in [2.05, 4.69) is 19.2 Å². The zero-order valence-corrected chi connectivity index (χ0v) is 23.9. The maximum atomic E-state index is 12.4. The summed E-state index contributed by atoms with van der Waals surface area (Å²) in [7, 11) is 0. The van der Waals surface area contributed by atoms with Crippen LogP contribution in [0.5, 0.6) is 0 Å². The lowest BCUT2D eigenvalue weighted by atomic mass is 9.96. The van der Waals surface area contributed by atoms with Crippen molar-refractivity contribution in [3.8, 4) is 0 Å². The van der Waals surface area contributed by atoms with Crippen LogP contribution in [0.2, 0.25) is 0 Å². The Balaban J connectivity index is 1.50. The van der Waals surface area contributed by atoms with Gasteiger partial charge in [0.1, 0.15) is 0 Å². The van der Waals surface area contributed by atoms with Gasteiger partial charge in [-0.3, -0.25) is 9.59 Å². The lowest BCUT2D eigenvalue weighted by Crippen LogP contribution is -2.39. The standard InChI is InChI=1S/C32H54N3O2/c1-3-5-7-8-9-10-11-12-13-15-23-34-32(37)30-19-17-28(18-20-30)26-33-27-29-21-24-35(25-22-29)31(36)16-14-6-4-2/h17-20,29H,3-16,21-27H2,1-2H3,(H,34,37). The number of piperidine rings is 1. The van der Waals surface area contributed by atoms with E-state index in [1.807, 2.05) is 29.2 Å². The monoisotopic (exact) mass is 512 g/mol. The SMILES string of the molecule is CCCCCCCCCCCCNC(=O)c1ccc(C[N]CC2CCN(C(=O)CCCCC)CC2)cc1. The summed E-state index contributed by atoms with van der Waals surface area (Å²) in [5, 5.41) is 7.84. The van der Waals surface area contributed by atoms with Crippen LogP contribution >= 0.6 is 0 Å². The van der Waals surface area contributed by atoms with Crippen LogP contribution in [0.15, 0.2) is 24.3 Å². The Morgan fingerprint density at radius 2 is 1.38 bits per heavy atom. The molecular weight excluding hydrogens is 458 g/mol. The van der Waals surface area contributed by atoms with Crippen LogP contribution in [-0.2, 0) is 11.3 Å². The summed E-state index contributed by atoms with van der Waals surface area (Å²) in [6.07, 6.45) is 19.2. The fourth-order valence-corrected chi connectivity index (χ4v) is 5.10. The predicted molar refractivity (Wildman–Crippen MR) is 155 cm³/mol. The Hall–Kier alpha value is -1.88. The van der Waals surface area contributed by atoms with Crippen molar-refractivity contribution < 1.29 is 9.59 Å². The molecule has 1 aromatic carbocycles. The van der Waals surface area contributed by atoms with E-state index in [1.165, 1.54) is 57.8 Å². The quantitative estimate of drug-likeness (QED) is 0.187. The number of rotatable bonds is 20. The van der Waals surface area contributed by atoms with Gasteiger partial charge in [-0.25, -0.2) is 5.32 Å². The second-order valence-electron chi connectivity index (χ2n) is 11.0. The first-order chi connectivity index (χ1) is 18.1. The molecule has 1 aliphatic heterocycles. The van der Waals surface area contributed by atoms with Crippen molar-refractivity contribution in [2.24, 2.45) is 5.92 Å². The topological polar surface area (TPSA) is 63.5 Å². The lowest BCUT2D eigenvalue weighted by molar-refractivity contribution is -0.132. The molecule has 1 saturated heterocycles. The molecule has 0 atom stereocenters. The predicted octanol–water partition coefficient (Wildman–Crippen LogP) is 7.26. The number of carbonyl (C=O) groups is 2. The summed E-state index contributed by atoms with van der Waals surface area (Å²) in [4.78, 5) is 26.8. The van der Waals surface area contributed by atoms with Gasteiger partial charge in [0.25, 0.3) is 5.91 Å². The highest BCUT2D eigenvalue weighted by Crippen LogP contribution is 2.18. The van der Waals surface area contributed by atoms with Gasteiger partial charge in [-0.05, 0) is 49.3 Å². The summed E-state index contributed by atoms with van der Waals surface area (Å²) >= 11 is 0. The van der Waals surface area contributed by atoms with Crippen molar-refractivity contribution in [3.63, 3.8) is 0 Å². The fraction of sp³-hybridized carbons (Fsp3) is 0.750. The van der Waals surface area contributed by atoms with Crippen LogP contribution in [0, 0.1) is 5.92 Å². The molecule has 0 aliphatic carbocycles. The van der Waals surface area contributed by atoms with Crippen molar-refractivity contribution >= 4 is 11.8 Å². The van der Waals surface area contributed by atoms with E-state index in [0.29, 0.717) is 24.8 Å². The van der Waals surface area contributed by atoms with Crippen molar-refractivity contribution in [3.05, 3.63) is 35.4 Å². The van der Waals surface area contributed by atoms with Crippen molar-refractivity contribution in [1.82, 2.24) is 15.5 Å². The number of hydrogen-bond donors (Lipinski definition) is 1. The molecular formula is C32H54N3O2. The first-order valence-electron chi connectivity index (χ1n) is 15.4.